The van der Waals surface area contributed by atoms with Crippen LogP contribution in [0.3, 0.4) is 0 Å². The van der Waals surface area contributed by atoms with Crippen molar-refractivity contribution in [3.05, 3.63) is 54.1 Å². The summed E-state index contributed by atoms with van der Waals surface area (Å²) in [5, 5.41) is 8.91. The summed E-state index contributed by atoms with van der Waals surface area (Å²) >= 11 is 0. The minimum atomic E-state index is -0.922. The third-order valence-corrected chi connectivity index (χ3v) is 3.39. The van der Waals surface area contributed by atoms with E-state index in [1.54, 1.807) is 24.3 Å². The number of aromatic carboxylic acids is 1. The van der Waals surface area contributed by atoms with Gasteiger partial charge in [0, 0.05) is 6.61 Å². The van der Waals surface area contributed by atoms with Crippen molar-refractivity contribution >= 4 is 5.97 Å². The van der Waals surface area contributed by atoms with Crippen molar-refractivity contribution in [1.82, 2.24) is 0 Å². The van der Waals surface area contributed by atoms with Crippen LogP contribution < -0.4 is 4.74 Å². The van der Waals surface area contributed by atoms with Crippen molar-refractivity contribution in [2.24, 2.45) is 0 Å². The molecule has 0 radical (unpaired) electrons. The van der Waals surface area contributed by atoms with E-state index >= 15 is 0 Å². The van der Waals surface area contributed by atoms with Crippen LogP contribution in [0.15, 0.2) is 48.5 Å². The first kappa shape index (κ1) is 18.0. The van der Waals surface area contributed by atoms with Gasteiger partial charge in [0.15, 0.2) is 0 Å². The normalized spacial score (nSPS) is 10.5. The Balaban J connectivity index is 1.79. The van der Waals surface area contributed by atoms with E-state index in [0.717, 1.165) is 16.9 Å². The van der Waals surface area contributed by atoms with Crippen molar-refractivity contribution < 1.29 is 24.1 Å². The lowest BCUT2D eigenvalue weighted by molar-refractivity contribution is 0.0405. The maximum atomic E-state index is 10.9. The van der Waals surface area contributed by atoms with Gasteiger partial charge in [-0.05, 0) is 42.3 Å². The second-order valence-corrected chi connectivity index (χ2v) is 5.06. The monoisotopic (exact) mass is 330 g/mol. The SMILES string of the molecule is CCOCCOCCOc1ccc(-c2ccc(C(=O)O)cc2)cc1. The van der Waals surface area contributed by atoms with E-state index in [1.165, 1.54) is 0 Å². The third kappa shape index (κ3) is 5.68. The highest BCUT2D eigenvalue weighted by Gasteiger charge is 2.03. The molecule has 1 N–H and O–H groups in total. The van der Waals surface area contributed by atoms with Gasteiger partial charge in [0.05, 0.1) is 25.4 Å². The van der Waals surface area contributed by atoms with Crippen LogP contribution in [-0.4, -0.2) is 44.1 Å². The number of carbonyl (C=O) groups is 1. The van der Waals surface area contributed by atoms with Crippen LogP contribution in [-0.2, 0) is 9.47 Å². The topological polar surface area (TPSA) is 65.0 Å². The Hall–Kier alpha value is -2.37. The Bertz CT molecular complexity index is 619. The molecule has 128 valence electrons. The Morgan fingerprint density at radius 3 is 1.96 bits per heavy atom. The average Bonchev–Trinajstić information content (AvgIpc) is 2.61. The minimum Gasteiger partial charge on any atom is -0.491 e. The van der Waals surface area contributed by atoms with Gasteiger partial charge in [0.25, 0.3) is 0 Å². The van der Waals surface area contributed by atoms with Crippen LogP contribution in [0.1, 0.15) is 17.3 Å². The summed E-state index contributed by atoms with van der Waals surface area (Å²) in [5.74, 6) is -0.150. The molecule has 2 rings (SSSR count). The van der Waals surface area contributed by atoms with E-state index in [2.05, 4.69) is 0 Å². The lowest BCUT2D eigenvalue weighted by atomic mass is 10.0. The van der Waals surface area contributed by atoms with Gasteiger partial charge < -0.3 is 19.3 Å². The highest BCUT2D eigenvalue weighted by atomic mass is 16.5. The molecular formula is C19H22O5. The molecular weight excluding hydrogens is 308 g/mol. The van der Waals surface area contributed by atoms with E-state index < -0.39 is 5.97 Å². The number of rotatable bonds is 10. The fraction of sp³-hybridized carbons (Fsp3) is 0.316. The smallest absolute Gasteiger partial charge is 0.335 e. The molecule has 0 heterocycles. The van der Waals surface area contributed by atoms with Gasteiger partial charge >= 0.3 is 5.97 Å². The molecule has 0 amide bonds. The van der Waals surface area contributed by atoms with E-state index in [1.807, 2.05) is 31.2 Å². The molecule has 0 atom stereocenters. The van der Waals surface area contributed by atoms with Gasteiger partial charge in [-0.2, -0.15) is 0 Å². The summed E-state index contributed by atoms with van der Waals surface area (Å²) in [6.07, 6.45) is 0. The number of carboxylic acid groups (broad SMARTS) is 1. The Morgan fingerprint density at radius 2 is 1.38 bits per heavy atom. The Morgan fingerprint density at radius 1 is 0.833 bits per heavy atom. The molecule has 24 heavy (non-hydrogen) atoms. The summed E-state index contributed by atoms with van der Waals surface area (Å²) in [5.41, 5.74) is 2.25. The predicted molar refractivity (Wildman–Crippen MR) is 91.6 cm³/mol. The quantitative estimate of drug-likeness (QED) is 0.676. The van der Waals surface area contributed by atoms with E-state index in [0.29, 0.717) is 33.0 Å². The van der Waals surface area contributed by atoms with Gasteiger partial charge in [-0.1, -0.05) is 24.3 Å². The molecule has 0 spiro atoms. The zero-order chi connectivity index (χ0) is 17.2. The van der Waals surface area contributed by atoms with Gasteiger partial charge in [-0.25, -0.2) is 4.79 Å². The second-order valence-electron chi connectivity index (χ2n) is 5.06. The Kier molecular flexibility index (Phi) is 7.26. The summed E-state index contributed by atoms with van der Waals surface area (Å²) in [6, 6.07) is 14.5. The molecule has 5 heteroatoms. The summed E-state index contributed by atoms with van der Waals surface area (Å²) in [7, 11) is 0. The van der Waals surface area contributed by atoms with Crippen LogP contribution in [0.5, 0.6) is 5.75 Å². The van der Waals surface area contributed by atoms with Crippen molar-refractivity contribution in [2.75, 3.05) is 33.0 Å². The molecule has 0 aliphatic heterocycles. The zero-order valence-electron chi connectivity index (χ0n) is 13.7. The van der Waals surface area contributed by atoms with Crippen molar-refractivity contribution in [3.63, 3.8) is 0 Å². The third-order valence-electron chi connectivity index (χ3n) is 3.39. The molecule has 5 nitrogen and oxygen atoms in total. The average molecular weight is 330 g/mol. The summed E-state index contributed by atoms with van der Waals surface area (Å²) in [6.45, 7) is 4.83. The molecule has 2 aromatic rings. The predicted octanol–water partition coefficient (Wildman–Crippen LogP) is 3.48. The van der Waals surface area contributed by atoms with Crippen LogP contribution in [0.25, 0.3) is 11.1 Å². The maximum absolute atomic E-state index is 10.9. The maximum Gasteiger partial charge on any atom is 0.335 e. The van der Waals surface area contributed by atoms with Gasteiger partial charge in [0.2, 0.25) is 0 Å². The standard InChI is InChI=1S/C19H22O5/c1-2-22-11-12-23-13-14-24-18-9-7-16(8-10-18)15-3-5-17(6-4-15)19(20)21/h3-10H,2,11-14H2,1H3,(H,20,21). The first-order chi connectivity index (χ1) is 11.7. The van der Waals surface area contributed by atoms with E-state index in [9.17, 15) is 4.79 Å². The second kappa shape index (κ2) is 9.70. The number of hydrogen-bond acceptors (Lipinski definition) is 4. The molecule has 0 bridgehead atoms. The van der Waals surface area contributed by atoms with Gasteiger partial charge in [-0.3, -0.25) is 0 Å². The molecule has 0 saturated carbocycles. The number of carboxylic acids is 1. The summed E-state index contributed by atoms with van der Waals surface area (Å²) in [4.78, 5) is 10.9. The molecule has 0 fully saturated rings. The highest BCUT2D eigenvalue weighted by molar-refractivity contribution is 5.88. The van der Waals surface area contributed by atoms with Crippen LogP contribution in [0, 0.1) is 0 Å². The van der Waals surface area contributed by atoms with Crippen LogP contribution in [0.2, 0.25) is 0 Å². The lowest BCUT2D eigenvalue weighted by Crippen LogP contribution is -2.10. The zero-order valence-corrected chi connectivity index (χ0v) is 13.7. The fourth-order valence-electron chi connectivity index (χ4n) is 2.13. The van der Waals surface area contributed by atoms with E-state index in [-0.39, 0.29) is 5.56 Å². The minimum absolute atomic E-state index is 0.281. The van der Waals surface area contributed by atoms with Crippen molar-refractivity contribution in [1.29, 1.82) is 0 Å². The fourth-order valence-corrected chi connectivity index (χ4v) is 2.13. The first-order valence-corrected chi connectivity index (χ1v) is 7.93. The first-order valence-electron chi connectivity index (χ1n) is 7.93. The molecule has 0 aliphatic carbocycles. The highest BCUT2D eigenvalue weighted by Crippen LogP contribution is 2.22. The van der Waals surface area contributed by atoms with Gasteiger partial charge in [-0.15, -0.1) is 0 Å². The molecule has 0 aromatic heterocycles. The Labute approximate surface area is 141 Å². The molecule has 2 aromatic carbocycles. The number of benzene rings is 2. The number of ether oxygens (including phenoxy) is 3. The van der Waals surface area contributed by atoms with Crippen LogP contribution >= 0.6 is 0 Å². The molecule has 0 unspecified atom stereocenters. The summed E-state index contributed by atoms with van der Waals surface area (Å²) < 4.78 is 16.2. The largest absolute Gasteiger partial charge is 0.491 e. The van der Waals surface area contributed by atoms with Crippen LogP contribution in [0.4, 0.5) is 0 Å². The molecule has 0 saturated heterocycles. The molecule has 0 aliphatic rings. The van der Waals surface area contributed by atoms with E-state index in [4.69, 9.17) is 19.3 Å². The van der Waals surface area contributed by atoms with Crippen molar-refractivity contribution in [3.8, 4) is 16.9 Å². The lowest BCUT2D eigenvalue weighted by Gasteiger charge is -2.08. The number of hydrogen-bond donors (Lipinski definition) is 1. The van der Waals surface area contributed by atoms with Gasteiger partial charge in [0.1, 0.15) is 12.4 Å². The van der Waals surface area contributed by atoms with Crippen molar-refractivity contribution in [2.45, 2.75) is 6.92 Å².